The maximum Gasteiger partial charge on any atom is 0.516 e. The molecule has 2 aromatic rings. The van der Waals surface area contributed by atoms with E-state index in [9.17, 15) is 4.79 Å². The Labute approximate surface area is 172 Å². The van der Waals surface area contributed by atoms with Crippen molar-refractivity contribution in [2.45, 2.75) is 48.1 Å². The van der Waals surface area contributed by atoms with Crippen LogP contribution >= 0.6 is 0 Å². The lowest BCUT2D eigenvalue weighted by atomic mass is 10.0. The van der Waals surface area contributed by atoms with Crippen LogP contribution in [0.1, 0.15) is 40.4 Å². The Hall–Kier alpha value is -3.16. The molecule has 0 aliphatic carbocycles. The summed E-state index contributed by atoms with van der Waals surface area (Å²) in [6.45, 7) is 16.4. The van der Waals surface area contributed by atoms with Crippen molar-refractivity contribution in [3.05, 3.63) is 42.3 Å². The second-order valence-corrected chi connectivity index (χ2v) is 7.82. The number of carbonyl (C=O) groups excluding carboxylic acids is 1. The molecule has 2 heterocycles. The predicted molar refractivity (Wildman–Crippen MR) is 116 cm³/mol. The van der Waals surface area contributed by atoms with E-state index in [0.717, 1.165) is 5.57 Å². The van der Waals surface area contributed by atoms with E-state index in [1.54, 1.807) is 17.6 Å². The third-order valence-corrected chi connectivity index (χ3v) is 3.20. The molecule has 8 heteroatoms. The first kappa shape index (κ1) is 23.9. The van der Waals surface area contributed by atoms with E-state index in [1.807, 2.05) is 25.2 Å². The molecule has 2 rings (SSSR count). The van der Waals surface area contributed by atoms with Crippen molar-refractivity contribution in [3.63, 3.8) is 0 Å². The smallest absolute Gasteiger partial charge is 0.437 e. The maximum absolute atomic E-state index is 11.5. The van der Waals surface area contributed by atoms with Gasteiger partial charge in [0, 0.05) is 0 Å². The van der Waals surface area contributed by atoms with E-state index in [1.165, 1.54) is 7.11 Å². The molecular weight excluding hydrogens is 370 g/mol. The van der Waals surface area contributed by atoms with Crippen LogP contribution in [0.25, 0.3) is 11.2 Å². The second-order valence-electron chi connectivity index (χ2n) is 7.82. The summed E-state index contributed by atoms with van der Waals surface area (Å²) in [6.07, 6.45) is 6.41. The summed E-state index contributed by atoms with van der Waals surface area (Å²) in [5, 5.41) is 0. The van der Waals surface area contributed by atoms with Gasteiger partial charge in [-0.1, -0.05) is 58.6 Å². The number of fused-ring (bicyclic) bond motifs is 1. The van der Waals surface area contributed by atoms with Crippen LogP contribution in [-0.2, 0) is 11.3 Å². The van der Waals surface area contributed by atoms with Gasteiger partial charge in [-0.15, -0.1) is 0 Å². The average molecular weight is 402 g/mol. The molecule has 2 aromatic heterocycles. The SMILES string of the molecule is C=C/C=C\C(=C/C)Cn1c(OC(=O)OC)nc2c(N)nc(C)nc21.CC(C)(C)C. The van der Waals surface area contributed by atoms with Crippen LogP contribution in [0.5, 0.6) is 6.01 Å². The van der Waals surface area contributed by atoms with E-state index < -0.39 is 6.16 Å². The number of nitrogens with two attached hydrogens (primary N) is 1. The number of methoxy groups -OCH3 is 1. The minimum atomic E-state index is -0.876. The topological polar surface area (TPSA) is 105 Å². The van der Waals surface area contributed by atoms with Crippen LogP contribution in [0.15, 0.2) is 36.5 Å². The fraction of sp³-hybridized carbons (Fsp3) is 0.429. The summed E-state index contributed by atoms with van der Waals surface area (Å²) in [7, 11) is 1.22. The van der Waals surface area contributed by atoms with E-state index in [0.29, 0.717) is 28.9 Å². The minimum absolute atomic E-state index is 0.0369. The normalized spacial score (nSPS) is 11.9. The number of anilines is 1. The van der Waals surface area contributed by atoms with Gasteiger partial charge in [0.25, 0.3) is 0 Å². The van der Waals surface area contributed by atoms with E-state index in [2.05, 4.69) is 54.0 Å². The van der Waals surface area contributed by atoms with Crippen LogP contribution in [0.3, 0.4) is 0 Å². The van der Waals surface area contributed by atoms with Gasteiger partial charge in [-0.2, -0.15) is 4.98 Å². The molecule has 0 aliphatic rings. The van der Waals surface area contributed by atoms with Crippen LogP contribution < -0.4 is 10.5 Å². The third-order valence-electron chi connectivity index (χ3n) is 3.20. The molecule has 0 amide bonds. The number of hydrogen-bond donors (Lipinski definition) is 1. The number of nitrogens with zero attached hydrogens (tertiary/aromatic N) is 4. The number of aromatic nitrogens is 4. The molecule has 0 aromatic carbocycles. The highest BCUT2D eigenvalue weighted by atomic mass is 16.7. The zero-order valence-electron chi connectivity index (χ0n) is 18.3. The van der Waals surface area contributed by atoms with Gasteiger partial charge >= 0.3 is 12.2 Å². The molecule has 0 bridgehead atoms. The zero-order chi connectivity index (χ0) is 22.2. The predicted octanol–water partition coefficient (Wildman–Crippen LogP) is 4.60. The lowest BCUT2D eigenvalue weighted by molar-refractivity contribution is 0.116. The quantitative estimate of drug-likeness (QED) is 0.576. The number of hydrogen-bond acceptors (Lipinski definition) is 7. The number of aryl methyl sites for hydroxylation is 1. The van der Waals surface area contributed by atoms with Gasteiger partial charge in [-0.25, -0.2) is 14.8 Å². The lowest BCUT2D eigenvalue weighted by Gasteiger charge is -2.09. The van der Waals surface area contributed by atoms with Crippen molar-refractivity contribution >= 4 is 23.1 Å². The van der Waals surface area contributed by atoms with Gasteiger partial charge in [-0.05, 0) is 24.8 Å². The highest BCUT2D eigenvalue weighted by molar-refractivity contribution is 5.83. The van der Waals surface area contributed by atoms with Gasteiger partial charge in [0.15, 0.2) is 17.0 Å². The number of allylic oxidation sites excluding steroid dienone is 5. The van der Waals surface area contributed by atoms with Crippen LogP contribution in [0, 0.1) is 12.3 Å². The van der Waals surface area contributed by atoms with Crippen molar-refractivity contribution in [2.24, 2.45) is 5.41 Å². The Bertz CT molecular complexity index is 915. The summed E-state index contributed by atoms with van der Waals surface area (Å²) in [5.41, 5.74) is 8.19. The molecule has 158 valence electrons. The molecule has 0 saturated carbocycles. The molecular formula is C21H31N5O3. The van der Waals surface area contributed by atoms with Gasteiger partial charge < -0.3 is 15.2 Å². The van der Waals surface area contributed by atoms with Crippen LogP contribution in [-0.4, -0.2) is 32.8 Å². The van der Waals surface area contributed by atoms with E-state index in [4.69, 9.17) is 10.5 Å². The highest BCUT2D eigenvalue weighted by Gasteiger charge is 2.20. The first-order valence-corrected chi connectivity index (χ1v) is 9.20. The molecule has 0 radical (unpaired) electrons. The van der Waals surface area contributed by atoms with E-state index >= 15 is 0 Å². The largest absolute Gasteiger partial charge is 0.516 e. The average Bonchev–Trinajstić information content (AvgIpc) is 2.94. The van der Waals surface area contributed by atoms with Gasteiger partial charge in [-0.3, -0.25) is 4.57 Å². The minimum Gasteiger partial charge on any atom is -0.437 e. The van der Waals surface area contributed by atoms with Crippen molar-refractivity contribution in [2.75, 3.05) is 12.8 Å². The summed E-state index contributed by atoms with van der Waals surface area (Å²) >= 11 is 0. The summed E-state index contributed by atoms with van der Waals surface area (Å²) in [5.74, 6) is 0.712. The molecule has 0 saturated heterocycles. The fourth-order valence-electron chi connectivity index (χ4n) is 2.07. The first-order valence-electron chi connectivity index (χ1n) is 9.20. The summed E-state index contributed by atoms with van der Waals surface area (Å²) in [4.78, 5) is 24.2. The van der Waals surface area contributed by atoms with Crippen LogP contribution in [0.4, 0.5) is 10.6 Å². The molecule has 0 atom stereocenters. The van der Waals surface area contributed by atoms with Gasteiger partial charge in [0.05, 0.1) is 13.7 Å². The van der Waals surface area contributed by atoms with Crippen LogP contribution in [0.2, 0.25) is 0 Å². The third kappa shape index (κ3) is 7.77. The number of imidazole rings is 1. The van der Waals surface area contributed by atoms with Crippen molar-refractivity contribution < 1.29 is 14.3 Å². The van der Waals surface area contributed by atoms with Crippen molar-refractivity contribution in [1.29, 1.82) is 0 Å². The van der Waals surface area contributed by atoms with E-state index in [-0.39, 0.29) is 11.8 Å². The Morgan fingerprint density at radius 1 is 1.24 bits per heavy atom. The number of ether oxygens (including phenoxy) is 2. The molecule has 0 unspecified atom stereocenters. The standard InChI is InChI=1S/C16H19N5O3.C5H12/c1-5-7-8-11(6-2)9-21-14-12(13(17)18-10(3)19-14)20-15(21)24-16(22)23-4;1-5(2,3)4/h5-8H,1,9H2,2-4H3,(H2,17,18,19);1-4H3/b8-7-,11-6+;. The molecule has 8 nitrogen and oxygen atoms in total. The zero-order valence-corrected chi connectivity index (χ0v) is 18.3. The Morgan fingerprint density at radius 3 is 2.38 bits per heavy atom. The Morgan fingerprint density at radius 2 is 1.86 bits per heavy atom. The second kappa shape index (κ2) is 10.4. The highest BCUT2D eigenvalue weighted by Crippen LogP contribution is 2.25. The Balaban J connectivity index is 0.000000749. The fourth-order valence-corrected chi connectivity index (χ4v) is 2.07. The summed E-state index contributed by atoms with van der Waals surface area (Å²) < 4.78 is 11.3. The summed E-state index contributed by atoms with van der Waals surface area (Å²) in [6, 6.07) is 0.0369. The molecule has 2 N–H and O–H groups in total. The molecule has 0 spiro atoms. The number of carbonyl (C=O) groups is 1. The number of nitrogen functional groups attached to an aromatic ring is 1. The van der Waals surface area contributed by atoms with Gasteiger partial charge in [0.1, 0.15) is 5.82 Å². The number of rotatable bonds is 5. The van der Waals surface area contributed by atoms with Crippen molar-refractivity contribution in [3.8, 4) is 6.01 Å². The molecule has 0 fully saturated rings. The lowest BCUT2D eigenvalue weighted by Crippen LogP contribution is -2.13. The molecule has 0 aliphatic heterocycles. The van der Waals surface area contributed by atoms with Gasteiger partial charge in [0.2, 0.25) is 0 Å². The maximum atomic E-state index is 11.5. The Kier molecular flexibility index (Phi) is 8.57. The first-order chi connectivity index (χ1) is 13.5. The monoisotopic (exact) mass is 401 g/mol. The van der Waals surface area contributed by atoms with Crippen molar-refractivity contribution in [1.82, 2.24) is 19.5 Å². The molecule has 29 heavy (non-hydrogen) atoms.